The Labute approximate surface area is 77.6 Å². The van der Waals surface area contributed by atoms with Gasteiger partial charge in [0.25, 0.3) is 0 Å². The van der Waals surface area contributed by atoms with Crippen LogP contribution >= 0.6 is 0 Å². The van der Waals surface area contributed by atoms with Gasteiger partial charge in [-0.1, -0.05) is 12.1 Å². The van der Waals surface area contributed by atoms with Crippen molar-refractivity contribution in [2.75, 3.05) is 0 Å². The number of aromatic amines is 1. The van der Waals surface area contributed by atoms with Crippen molar-refractivity contribution >= 4 is 0 Å². The lowest BCUT2D eigenvalue weighted by atomic mass is 10.1. The SMILES string of the molecule is Cc1ccc(-c2cnc[nH]2)cc1C. The van der Waals surface area contributed by atoms with Crippen LogP contribution in [0.3, 0.4) is 0 Å². The molecular weight excluding hydrogens is 160 g/mol. The monoisotopic (exact) mass is 172 g/mol. The first kappa shape index (κ1) is 8.05. The molecule has 2 heteroatoms. The van der Waals surface area contributed by atoms with Gasteiger partial charge in [-0.05, 0) is 36.6 Å². The molecule has 0 saturated heterocycles. The highest BCUT2D eigenvalue weighted by atomic mass is 14.9. The highest BCUT2D eigenvalue weighted by Crippen LogP contribution is 2.19. The number of aromatic nitrogens is 2. The smallest absolute Gasteiger partial charge is 0.0924 e. The second-order valence-corrected chi connectivity index (χ2v) is 3.26. The topological polar surface area (TPSA) is 28.7 Å². The second-order valence-electron chi connectivity index (χ2n) is 3.26. The van der Waals surface area contributed by atoms with Crippen molar-refractivity contribution in [2.24, 2.45) is 0 Å². The molecule has 0 saturated carbocycles. The molecule has 1 aromatic carbocycles. The predicted octanol–water partition coefficient (Wildman–Crippen LogP) is 2.69. The number of imidazole rings is 1. The lowest BCUT2D eigenvalue weighted by Crippen LogP contribution is -1.82. The van der Waals surface area contributed by atoms with Gasteiger partial charge in [0.2, 0.25) is 0 Å². The first-order valence-electron chi connectivity index (χ1n) is 4.33. The van der Waals surface area contributed by atoms with Crippen LogP contribution < -0.4 is 0 Å². The molecule has 0 radical (unpaired) electrons. The maximum atomic E-state index is 4.00. The van der Waals surface area contributed by atoms with E-state index in [1.807, 2.05) is 6.20 Å². The van der Waals surface area contributed by atoms with Gasteiger partial charge in [0.15, 0.2) is 0 Å². The van der Waals surface area contributed by atoms with Gasteiger partial charge < -0.3 is 4.98 Å². The first-order chi connectivity index (χ1) is 6.27. The van der Waals surface area contributed by atoms with E-state index in [4.69, 9.17) is 0 Å². The van der Waals surface area contributed by atoms with Crippen LogP contribution in [0.4, 0.5) is 0 Å². The molecule has 0 aliphatic rings. The summed E-state index contributed by atoms with van der Waals surface area (Å²) in [4.78, 5) is 7.08. The molecule has 2 rings (SSSR count). The van der Waals surface area contributed by atoms with Gasteiger partial charge in [0, 0.05) is 0 Å². The van der Waals surface area contributed by atoms with Crippen molar-refractivity contribution in [3.8, 4) is 11.3 Å². The van der Waals surface area contributed by atoms with Gasteiger partial charge >= 0.3 is 0 Å². The molecule has 0 aliphatic heterocycles. The average molecular weight is 172 g/mol. The van der Waals surface area contributed by atoms with Crippen LogP contribution in [0.25, 0.3) is 11.3 Å². The largest absolute Gasteiger partial charge is 0.345 e. The normalized spacial score (nSPS) is 10.3. The standard InChI is InChI=1S/C11H12N2/c1-8-3-4-10(5-9(8)2)11-6-12-7-13-11/h3-7H,1-2H3,(H,12,13). The Kier molecular flexibility index (Phi) is 1.89. The summed E-state index contributed by atoms with van der Waals surface area (Å²) in [5.41, 5.74) is 4.90. The van der Waals surface area contributed by atoms with E-state index in [0.717, 1.165) is 5.69 Å². The Bertz CT molecular complexity index is 402. The van der Waals surface area contributed by atoms with Crippen LogP contribution in [0.2, 0.25) is 0 Å². The Morgan fingerprint density at radius 1 is 1.15 bits per heavy atom. The van der Waals surface area contributed by atoms with Crippen LogP contribution in [0.15, 0.2) is 30.7 Å². The van der Waals surface area contributed by atoms with E-state index in [1.165, 1.54) is 16.7 Å². The van der Waals surface area contributed by atoms with Crippen molar-refractivity contribution in [1.29, 1.82) is 0 Å². The molecule has 1 heterocycles. The molecule has 13 heavy (non-hydrogen) atoms. The number of rotatable bonds is 1. The first-order valence-corrected chi connectivity index (χ1v) is 4.33. The molecule has 66 valence electrons. The number of aryl methyl sites for hydroxylation is 2. The molecular formula is C11H12N2. The van der Waals surface area contributed by atoms with Crippen molar-refractivity contribution in [1.82, 2.24) is 9.97 Å². The molecule has 0 aliphatic carbocycles. The lowest BCUT2D eigenvalue weighted by molar-refractivity contribution is 1.30. The number of hydrogen-bond donors (Lipinski definition) is 1. The quantitative estimate of drug-likeness (QED) is 0.704. The van der Waals surface area contributed by atoms with Crippen LogP contribution in [0.5, 0.6) is 0 Å². The molecule has 0 bridgehead atoms. The fraction of sp³-hybridized carbons (Fsp3) is 0.182. The maximum absolute atomic E-state index is 4.00. The molecule has 0 atom stereocenters. The van der Waals surface area contributed by atoms with E-state index in [1.54, 1.807) is 6.33 Å². The zero-order valence-corrected chi connectivity index (χ0v) is 7.83. The van der Waals surface area contributed by atoms with E-state index in [9.17, 15) is 0 Å². The molecule has 1 N–H and O–H groups in total. The van der Waals surface area contributed by atoms with Crippen LogP contribution in [0, 0.1) is 13.8 Å². The highest BCUT2D eigenvalue weighted by Gasteiger charge is 1.99. The van der Waals surface area contributed by atoms with Crippen molar-refractivity contribution < 1.29 is 0 Å². The summed E-state index contributed by atoms with van der Waals surface area (Å²) >= 11 is 0. The van der Waals surface area contributed by atoms with Gasteiger partial charge in [-0.2, -0.15) is 0 Å². The number of benzene rings is 1. The van der Waals surface area contributed by atoms with Gasteiger partial charge in [0.05, 0.1) is 18.2 Å². The highest BCUT2D eigenvalue weighted by molar-refractivity contribution is 5.59. The lowest BCUT2D eigenvalue weighted by Gasteiger charge is -2.02. The maximum Gasteiger partial charge on any atom is 0.0924 e. The van der Waals surface area contributed by atoms with Gasteiger partial charge in [0.1, 0.15) is 0 Å². The summed E-state index contributed by atoms with van der Waals surface area (Å²) in [7, 11) is 0. The van der Waals surface area contributed by atoms with E-state index in [0.29, 0.717) is 0 Å². The van der Waals surface area contributed by atoms with Crippen molar-refractivity contribution in [2.45, 2.75) is 13.8 Å². The molecule has 1 aromatic heterocycles. The molecule has 0 spiro atoms. The molecule has 2 nitrogen and oxygen atoms in total. The molecule has 0 fully saturated rings. The summed E-state index contributed by atoms with van der Waals surface area (Å²) in [5.74, 6) is 0. The molecule has 2 aromatic rings. The van der Waals surface area contributed by atoms with Gasteiger partial charge in [-0.3, -0.25) is 0 Å². The number of nitrogens with one attached hydrogen (secondary N) is 1. The second kappa shape index (κ2) is 3.05. The number of hydrogen-bond acceptors (Lipinski definition) is 1. The summed E-state index contributed by atoms with van der Waals surface area (Å²) in [6.45, 7) is 4.24. The fourth-order valence-electron chi connectivity index (χ4n) is 1.32. The predicted molar refractivity (Wildman–Crippen MR) is 53.5 cm³/mol. The zero-order chi connectivity index (χ0) is 9.26. The number of H-pyrrole nitrogens is 1. The van der Waals surface area contributed by atoms with E-state index >= 15 is 0 Å². The van der Waals surface area contributed by atoms with Gasteiger partial charge in [-0.25, -0.2) is 4.98 Å². The average Bonchev–Trinajstić information content (AvgIpc) is 2.62. The zero-order valence-electron chi connectivity index (χ0n) is 7.83. The third-order valence-corrected chi connectivity index (χ3v) is 2.32. The van der Waals surface area contributed by atoms with Crippen molar-refractivity contribution in [3.05, 3.63) is 41.9 Å². The van der Waals surface area contributed by atoms with Crippen LogP contribution in [-0.2, 0) is 0 Å². The Morgan fingerprint density at radius 3 is 2.62 bits per heavy atom. The molecule has 0 unspecified atom stereocenters. The third-order valence-electron chi connectivity index (χ3n) is 2.32. The van der Waals surface area contributed by atoms with Crippen molar-refractivity contribution in [3.63, 3.8) is 0 Å². The summed E-state index contributed by atoms with van der Waals surface area (Å²) in [5, 5.41) is 0. The van der Waals surface area contributed by atoms with Crippen LogP contribution in [-0.4, -0.2) is 9.97 Å². The van der Waals surface area contributed by atoms with Gasteiger partial charge in [-0.15, -0.1) is 0 Å². The molecule has 0 amide bonds. The minimum Gasteiger partial charge on any atom is -0.345 e. The Hall–Kier alpha value is -1.57. The Balaban J connectivity index is 2.49. The summed E-state index contributed by atoms with van der Waals surface area (Å²) < 4.78 is 0. The van der Waals surface area contributed by atoms with Crippen LogP contribution in [0.1, 0.15) is 11.1 Å². The van der Waals surface area contributed by atoms with E-state index in [2.05, 4.69) is 42.0 Å². The summed E-state index contributed by atoms with van der Waals surface area (Å²) in [6, 6.07) is 6.41. The minimum atomic E-state index is 1.07. The van der Waals surface area contributed by atoms with E-state index in [-0.39, 0.29) is 0 Å². The number of nitrogens with zero attached hydrogens (tertiary/aromatic N) is 1. The third kappa shape index (κ3) is 1.47. The fourth-order valence-corrected chi connectivity index (χ4v) is 1.32. The Morgan fingerprint density at radius 2 is 2.00 bits per heavy atom. The minimum absolute atomic E-state index is 1.07. The van der Waals surface area contributed by atoms with E-state index < -0.39 is 0 Å². The summed E-state index contributed by atoms with van der Waals surface area (Å²) in [6.07, 6.45) is 3.54.